The number of rotatable bonds is 8. The number of aromatic nitrogens is 2. The maximum atomic E-state index is 12.6. The van der Waals surface area contributed by atoms with Gasteiger partial charge in [-0.3, -0.25) is 0 Å². The second kappa shape index (κ2) is 9.53. The van der Waals surface area contributed by atoms with Gasteiger partial charge in [0.25, 0.3) is 0 Å². The average Bonchev–Trinajstić information content (AvgIpc) is 3.18. The van der Waals surface area contributed by atoms with E-state index in [2.05, 4.69) is 33.2 Å². The lowest BCUT2D eigenvalue weighted by Gasteiger charge is -2.38. The zero-order valence-corrected chi connectivity index (χ0v) is 16.4. The van der Waals surface area contributed by atoms with Crippen molar-refractivity contribution < 1.29 is 14.3 Å². The van der Waals surface area contributed by atoms with Crippen LogP contribution in [0.1, 0.15) is 30.1 Å². The average molecular weight is 385 g/mol. The molecular weight excluding hydrogens is 358 g/mol. The minimum Gasteiger partial charge on any atom is -0.460 e. The Morgan fingerprint density at radius 1 is 1.50 bits per heavy atom. The number of carbonyl (C=O) groups is 1. The molecule has 0 aromatic carbocycles. The number of aromatic amines is 1. The van der Waals surface area contributed by atoms with Crippen LogP contribution in [-0.2, 0) is 9.47 Å². The van der Waals surface area contributed by atoms with Crippen molar-refractivity contribution in [1.82, 2.24) is 14.9 Å². The Balaban J connectivity index is 1.83. The van der Waals surface area contributed by atoms with Crippen molar-refractivity contribution in [2.24, 2.45) is 5.92 Å². The van der Waals surface area contributed by atoms with Crippen LogP contribution in [0.3, 0.4) is 0 Å². The standard InChI is InChI=1S/C20H27N5O3/c1-14-5-9-25(8-3-6-21)13-17(14)24-18-15-4-7-22-19(15)23-12-16(18)20(26)28-11-10-27-2/h4,7,12,14,17H,3,5,8-11,13H2,1-2H3,(H2,22,23,24)/t14-,17+/m1/s1. The number of fused-ring (bicyclic) bond motifs is 1. The van der Waals surface area contributed by atoms with Gasteiger partial charge in [0.1, 0.15) is 17.8 Å². The lowest BCUT2D eigenvalue weighted by Crippen LogP contribution is -2.47. The van der Waals surface area contributed by atoms with E-state index in [0.717, 1.165) is 42.8 Å². The van der Waals surface area contributed by atoms with Crippen LogP contribution >= 0.6 is 0 Å². The van der Waals surface area contributed by atoms with Gasteiger partial charge < -0.3 is 24.7 Å². The van der Waals surface area contributed by atoms with Crippen molar-refractivity contribution in [2.75, 3.05) is 45.3 Å². The minimum absolute atomic E-state index is 0.165. The molecule has 1 aliphatic heterocycles. The van der Waals surface area contributed by atoms with Gasteiger partial charge in [-0.2, -0.15) is 5.26 Å². The molecule has 2 aromatic rings. The first-order valence-corrected chi connectivity index (χ1v) is 9.62. The molecule has 0 saturated carbocycles. The van der Waals surface area contributed by atoms with Gasteiger partial charge in [-0.05, 0) is 24.9 Å². The molecule has 2 atom stereocenters. The van der Waals surface area contributed by atoms with Gasteiger partial charge in [0.15, 0.2) is 0 Å². The van der Waals surface area contributed by atoms with Gasteiger partial charge in [-0.1, -0.05) is 6.92 Å². The summed E-state index contributed by atoms with van der Waals surface area (Å²) >= 11 is 0. The highest BCUT2D eigenvalue weighted by atomic mass is 16.6. The number of hydrogen-bond donors (Lipinski definition) is 2. The fraction of sp³-hybridized carbons (Fsp3) is 0.550. The first kappa shape index (κ1) is 20.1. The summed E-state index contributed by atoms with van der Waals surface area (Å²) in [5.41, 5.74) is 1.89. The summed E-state index contributed by atoms with van der Waals surface area (Å²) in [6.07, 6.45) is 4.93. The molecule has 0 aliphatic carbocycles. The number of esters is 1. The second-order valence-corrected chi connectivity index (χ2v) is 7.14. The molecule has 0 unspecified atom stereocenters. The molecule has 0 radical (unpaired) electrons. The van der Waals surface area contributed by atoms with E-state index in [1.165, 1.54) is 0 Å². The molecule has 1 aliphatic rings. The molecule has 0 spiro atoms. The summed E-state index contributed by atoms with van der Waals surface area (Å²) in [7, 11) is 1.57. The maximum absolute atomic E-state index is 12.6. The normalized spacial score (nSPS) is 20.0. The van der Waals surface area contributed by atoms with Crippen LogP contribution in [0.4, 0.5) is 5.69 Å². The number of nitriles is 1. The Morgan fingerprint density at radius 3 is 3.14 bits per heavy atom. The monoisotopic (exact) mass is 385 g/mol. The van der Waals surface area contributed by atoms with E-state index in [1.807, 2.05) is 12.3 Å². The van der Waals surface area contributed by atoms with Crippen LogP contribution in [0.2, 0.25) is 0 Å². The third kappa shape index (κ3) is 4.61. The highest BCUT2D eigenvalue weighted by molar-refractivity contribution is 6.04. The Bertz CT molecular complexity index is 844. The van der Waals surface area contributed by atoms with E-state index < -0.39 is 5.97 Å². The van der Waals surface area contributed by atoms with Crippen molar-refractivity contribution in [2.45, 2.75) is 25.8 Å². The molecule has 1 fully saturated rings. The Morgan fingerprint density at radius 2 is 2.36 bits per heavy atom. The number of nitrogens with one attached hydrogen (secondary N) is 2. The first-order chi connectivity index (χ1) is 13.6. The van der Waals surface area contributed by atoms with E-state index in [1.54, 1.807) is 13.3 Å². The van der Waals surface area contributed by atoms with Gasteiger partial charge >= 0.3 is 5.97 Å². The molecule has 0 bridgehead atoms. The lowest BCUT2D eigenvalue weighted by molar-refractivity contribution is 0.0388. The lowest BCUT2D eigenvalue weighted by atomic mass is 9.92. The molecule has 2 aromatic heterocycles. The fourth-order valence-electron chi connectivity index (χ4n) is 3.53. The van der Waals surface area contributed by atoms with Crippen molar-refractivity contribution >= 4 is 22.7 Å². The smallest absolute Gasteiger partial charge is 0.341 e. The molecule has 3 heterocycles. The Hall–Kier alpha value is -2.63. The van der Waals surface area contributed by atoms with Gasteiger partial charge in [0.05, 0.1) is 18.4 Å². The quantitative estimate of drug-likeness (QED) is 0.531. The van der Waals surface area contributed by atoms with E-state index >= 15 is 0 Å². The second-order valence-electron chi connectivity index (χ2n) is 7.14. The number of pyridine rings is 1. The number of anilines is 1. The van der Waals surface area contributed by atoms with Crippen LogP contribution in [-0.4, -0.2) is 66.8 Å². The molecule has 3 rings (SSSR count). The minimum atomic E-state index is -0.417. The van der Waals surface area contributed by atoms with Gasteiger partial charge in [0.2, 0.25) is 0 Å². The van der Waals surface area contributed by atoms with Crippen molar-refractivity contribution in [3.05, 3.63) is 24.0 Å². The van der Waals surface area contributed by atoms with Crippen molar-refractivity contribution in [3.8, 4) is 6.07 Å². The molecule has 2 N–H and O–H groups in total. The van der Waals surface area contributed by atoms with E-state index in [-0.39, 0.29) is 12.6 Å². The first-order valence-electron chi connectivity index (χ1n) is 9.62. The van der Waals surface area contributed by atoms with E-state index in [0.29, 0.717) is 24.5 Å². The molecular formula is C20H27N5O3. The maximum Gasteiger partial charge on any atom is 0.341 e. The van der Waals surface area contributed by atoms with Gasteiger partial charge in [-0.25, -0.2) is 9.78 Å². The van der Waals surface area contributed by atoms with Crippen LogP contribution in [0, 0.1) is 17.2 Å². The number of ether oxygens (including phenoxy) is 2. The highest BCUT2D eigenvalue weighted by Crippen LogP contribution is 2.29. The summed E-state index contributed by atoms with van der Waals surface area (Å²) in [6.45, 7) is 5.34. The topological polar surface area (TPSA) is 103 Å². The zero-order valence-electron chi connectivity index (χ0n) is 16.4. The molecule has 0 amide bonds. The number of piperidine rings is 1. The fourth-order valence-corrected chi connectivity index (χ4v) is 3.53. The van der Waals surface area contributed by atoms with Crippen LogP contribution in [0.5, 0.6) is 0 Å². The number of H-pyrrole nitrogens is 1. The predicted octanol–water partition coefficient (Wildman–Crippen LogP) is 2.40. The van der Waals surface area contributed by atoms with Crippen LogP contribution in [0.15, 0.2) is 18.5 Å². The summed E-state index contributed by atoms with van der Waals surface area (Å²) < 4.78 is 10.3. The number of carbonyl (C=O) groups excluding carboxylic acids is 1. The van der Waals surface area contributed by atoms with Crippen molar-refractivity contribution in [1.29, 1.82) is 5.26 Å². The molecule has 1 saturated heterocycles. The summed E-state index contributed by atoms with van der Waals surface area (Å²) in [6, 6.07) is 4.29. The molecule has 8 nitrogen and oxygen atoms in total. The SMILES string of the molecule is COCCOC(=O)c1cnc2[nH]ccc2c1N[C@H]1CN(CCC#N)CC[C@H]1C. The third-order valence-electron chi connectivity index (χ3n) is 5.24. The van der Waals surface area contributed by atoms with Gasteiger partial charge in [0, 0.05) is 50.4 Å². The van der Waals surface area contributed by atoms with E-state index in [4.69, 9.17) is 14.7 Å². The summed E-state index contributed by atoms with van der Waals surface area (Å²) in [5.74, 6) is 0.0257. The predicted molar refractivity (Wildman–Crippen MR) is 106 cm³/mol. The molecule has 150 valence electrons. The third-order valence-corrected chi connectivity index (χ3v) is 5.24. The molecule has 28 heavy (non-hydrogen) atoms. The zero-order chi connectivity index (χ0) is 19.9. The molecule has 8 heteroatoms. The summed E-state index contributed by atoms with van der Waals surface area (Å²) in [4.78, 5) is 22.4. The van der Waals surface area contributed by atoms with Crippen LogP contribution in [0.25, 0.3) is 11.0 Å². The highest BCUT2D eigenvalue weighted by Gasteiger charge is 2.28. The number of hydrogen-bond acceptors (Lipinski definition) is 7. The Labute approximate surface area is 164 Å². The number of methoxy groups -OCH3 is 1. The Kier molecular flexibility index (Phi) is 6.85. The number of nitrogens with zero attached hydrogens (tertiary/aromatic N) is 3. The number of likely N-dealkylation sites (tertiary alicyclic amines) is 1. The van der Waals surface area contributed by atoms with Crippen molar-refractivity contribution in [3.63, 3.8) is 0 Å². The largest absolute Gasteiger partial charge is 0.460 e. The summed E-state index contributed by atoms with van der Waals surface area (Å²) in [5, 5.41) is 13.3. The van der Waals surface area contributed by atoms with Crippen LogP contribution < -0.4 is 5.32 Å². The van der Waals surface area contributed by atoms with E-state index in [9.17, 15) is 4.79 Å². The van der Waals surface area contributed by atoms with Gasteiger partial charge in [-0.15, -0.1) is 0 Å².